The van der Waals surface area contributed by atoms with Crippen molar-refractivity contribution in [3.8, 4) is 11.5 Å². The zero-order valence-corrected chi connectivity index (χ0v) is 13.3. The fraction of sp³-hybridized carbons (Fsp3) is 0.250. The molecule has 2 rings (SSSR count). The summed E-state index contributed by atoms with van der Waals surface area (Å²) in [6.07, 6.45) is 0.802. The van der Waals surface area contributed by atoms with Crippen LogP contribution in [0.1, 0.15) is 12.0 Å². The molecule has 2 aromatic rings. The van der Waals surface area contributed by atoms with Crippen molar-refractivity contribution >= 4 is 18.1 Å². The Morgan fingerprint density at radius 1 is 1.00 bits per heavy atom. The van der Waals surface area contributed by atoms with Gasteiger partial charge in [-0.2, -0.15) is 0 Å². The van der Waals surface area contributed by atoms with Crippen LogP contribution in [0.3, 0.4) is 0 Å². The number of halogens is 1. The lowest BCUT2D eigenvalue weighted by Crippen LogP contribution is -2.06. The quantitative estimate of drug-likeness (QED) is 0.453. The number of para-hydroxylation sites is 1. The van der Waals surface area contributed by atoms with Crippen LogP contribution in [-0.2, 0) is 6.61 Å². The van der Waals surface area contributed by atoms with Gasteiger partial charge < -0.3 is 15.2 Å². The monoisotopic (exact) mass is 338 g/mol. The van der Waals surface area contributed by atoms with Gasteiger partial charge in [0, 0.05) is 6.07 Å². The van der Waals surface area contributed by atoms with Crippen LogP contribution in [0.4, 0.5) is 5.69 Å². The number of rotatable bonds is 8. The molecule has 0 amide bonds. The summed E-state index contributed by atoms with van der Waals surface area (Å²) in [4.78, 5) is 10.5. The molecule has 0 aromatic heterocycles. The molecule has 23 heavy (non-hydrogen) atoms. The van der Waals surface area contributed by atoms with Crippen molar-refractivity contribution in [3.05, 3.63) is 64.2 Å². The molecule has 2 aromatic carbocycles. The largest absolute Gasteiger partial charge is 0.494 e. The molecule has 0 aliphatic heterocycles. The van der Waals surface area contributed by atoms with Crippen molar-refractivity contribution in [2.24, 2.45) is 5.73 Å². The third-order valence-electron chi connectivity index (χ3n) is 3.02. The number of nitro benzene ring substituents is 1. The minimum atomic E-state index is -0.410. The molecule has 0 radical (unpaired) electrons. The number of hydrogen-bond acceptors (Lipinski definition) is 5. The van der Waals surface area contributed by atoms with E-state index in [0.29, 0.717) is 24.5 Å². The van der Waals surface area contributed by atoms with Gasteiger partial charge in [0.1, 0.15) is 18.1 Å². The second kappa shape index (κ2) is 9.66. The second-order valence-corrected chi connectivity index (χ2v) is 4.64. The fourth-order valence-corrected chi connectivity index (χ4v) is 1.88. The fourth-order valence-electron chi connectivity index (χ4n) is 1.88. The summed E-state index contributed by atoms with van der Waals surface area (Å²) in [5.74, 6) is 1.37. The molecule has 7 heteroatoms. The van der Waals surface area contributed by atoms with Crippen molar-refractivity contribution in [1.82, 2.24) is 0 Å². The number of nitrogens with zero attached hydrogens (tertiary/aromatic N) is 1. The van der Waals surface area contributed by atoms with Crippen molar-refractivity contribution in [3.63, 3.8) is 0 Å². The Balaban J connectivity index is 0.00000264. The Morgan fingerprint density at radius 2 is 1.61 bits per heavy atom. The van der Waals surface area contributed by atoms with Crippen LogP contribution in [-0.4, -0.2) is 18.1 Å². The standard InChI is InChI=1S/C16H18N2O4.ClH/c17-10-3-11-21-14-6-8-15(9-7-14)22-12-13-4-1-2-5-16(13)18(19)20;/h1-2,4-9H,3,10-12,17H2;1H. The molecule has 0 saturated carbocycles. The highest BCUT2D eigenvalue weighted by molar-refractivity contribution is 5.85. The molecule has 0 saturated heterocycles. The SMILES string of the molecule is Cl.NCCCOc1ccc(OCc2ccccc2[N+](=O)[O-])cc1. The average molecular weight is 339 g/mol. The first-order valence-corrected chi connectivity index (χ1v) is 6.98. The molecular weight excluding hydrogens is 320 g/mol. The zero-order chi connectivity index (χ0) is 15.8. The van der Waals surface area contributed by atoms with Gasteiger partial charge >= 0.3 is 0 Å². The number of benzene rings is 2. The molecule has 2 N–H and O–H groups in total. The van der Waals surface area contributed by atoms with Gasteiger partial charge in [0.2, 0.25) is 0 Å². The van der Waals surface area contributed by atoms with E-state index in [-0.39, 0.29) is 24.7 Å². The molecule has 0 atom stereocenters. The molecule has 0 spiro atoms. The van der Waals surface area contributed by atoms with Gasteiger partial charge in [-0.15, -0.1) is 12.4 Å². The highest BCUT2D eigenvalue weighted by Crippen LogP contribution is 2.22. The molecule has 0 heterocycles. The maximum atomic E-state index is 10.9. The van der Waals surface area contributed by atoms with E-state index < -0.39 is 4.92 Å². The molecular formula is C16H19ClN2O4. The van der Waals surface area contributed by atoms with Gasteiger partial charge in [0.25, 0.3) is 5.69 Å². The molecule has 0 bridgehead atoms. The third kappa shape index (κ3) is 5.77. The average Bonchev–Trinajstić information content (AvgIpc) is 2.54. The molecule has 0 fully saturated rings. The highest BCUT2D eigenvalue weighted by Gasteiger charge is 2.12. The molecule has 124 valence electrons. The van der Waals surface area contributed by atoms with E-state index in [2.05, 4.69) is 0 Å². The Bertz CT molecular complexity index is 620. The summed E-state index contributed by atoms with van der Waals surface area (Å²) >= 11 is 0. The van der Waals surface area contributed by atoms with Gasteiger partial charge in [-0.25, -0.2) is 0 Å². The summed E-state index contributed by atoms with van der Waals surface area (Å²) < 4.78 is 11.1. The lowest BCUT2D eigenvalue weighted by atomic mass is 10.2. The van der Waals surface area contributed by atoms with Gasteiger partial charge in [0.15, 0.2) is 0 Å². The molecule has 6 nitrogen and oxygen atoms in total. The Kier molecular flexibility index (Phi) is 7.87. The van der Waals surface area contributed by atoms with Crippen LogP contribution >= 0.6 is 12.4 Å². The smallest absolute Gasteiger partial charge is 0.276 e. The van der Waals surface area contributed by atoms with Crippen molar-refractivity contribution < 1.29 is 14.4 Å². The van der Waals surface area contributed by atoms with Crippen LogP contribution in [0, 0.1) is 10.1 Å². The van der Waals surface area contributed by atoms with E-state index in [0.717, 1.165) is 12.2 Å². The predicted molar refractivity (Wildman–Crippen MR) is 90.3 cm³/mol. The van der Waals surface area contributed by atoms with Crippen molar-refractivity contribution in [2.75, 3.05) is 13.2 Å². The number of hydrogen-bond donors (Lipinski definition) is 1. The summed E-state index contributed by atoms with van der Waals surface area (Å²) in [5.41, 5.74) is 5.99. The summed E-state index contributed by atoms with van der Waals surface area (Å²) in [7, 11) is 0. The van der Waals surface area contributed by atoms with E-state index in [1.165, 1.54) is 6.07 Å². The Hall–Kier alpha value is -2.31. The molecule has 0 unspecified atom stereocenters. The van der Waals surface area contributed by atoms with Gasteiger partial charge in [0.05, 0.1) is 17.1 Å². The van der Waals surface area contributed by atoms with Gasteiger partial charge in [-0.1, -0.05) is 12.1 Å². The first-order chi connectivity index (χ1) is 10.7. The Labute approximate surface area is 140 Å². The Morgan fingerprint density at radius 3 is 2.22 bits per heavy atom. The summed E-state index contributed by atoms with van der Waals surface area (Å²) in [6, 6.07) is 13.7. The normalized spacial score (nSPS) is 9.78. The van der Waals surface area contributed by atoms with Crippen LogP contribution < -0.4 is 15.2 Å². The van der Waals surface area contributed by atoms with Crippen molar-refractivity contribution in [2.45, 2.75) is 13.0 Å². The zero-order valence-electron chi connectivity index (χ0n) is 12.5. The van der Waals surface area contributed by atoms with E-state index >= 15 is 0 Å². The van der Waals surface area contributed by atoms with E-state index in [1.54, 1.807) is 42.5 Å². The lowest BCUT2D eigenvalue weighted by Gasteiger charge is -2.08. The number of ether oxygens (including phenoxy) is 2. The maximum Gasteiger partial charge on any atom is 0.276 e. The minimum Gasteiger partial charge on any atom is -0.494 e. The first kappa shape index (κ1) is 18.7. The van der Waals surface area contributed by atoms with E-state index in [9.17, 15) is 10.1 Å². The van der Waals surface area contributed by atoms with Crippen LogP contribution in [0.25, 0.3) is 0 Å². The maximum absolute atomic E-state index is 10.9. The van der Waals surface area contributed by atoms with Gasteiger partial charge in [-0.05, 0) is 43.3 Å². The molecule has 0 aliphatic carbocycles. The summed E-state index contributed by atoms with van der Waals surface area (Å²) in [5, 5.41) is 10.9. The minimum absolute atomic E-state index is 0. The van der Waals surface area contributed by atoms with Gasteiger partial charge in [-0.3, -0.25) is 10.1 Å². The second-order valence-electron chi connectivity index (χ2n) is 4.64. The summed E-state index contributed by atoms with van der Waals surface area (Å²) in [6.45, 7) is 1.31. The topological polar surface area (TPSA) is 87.6 Å². The first-order valence-electron chi connectivity index (χ1n) is 6.98. The third-order valence-corrected chi connectivity index (χ3v) is 3.02. The van der Waals surface area contributed by atoms with Crippen molar-refractivity contribution in [1.29, 1.82) is 0 Å². The molecule has 0 aliphatic rings. The van der Waals surface area contributed by atoms with Crippen LogP contribution in [0.5, 0.6) is 11.5 Å². The lowest BCUT2D eigenvalue weighted by molar-refractivity contribution is -0.385. The van der Waals surface area contributed by atoms with E-state index in [4.69, 9.17) is 15.2 Å². The van der Waals surface area contributed by atoms with Crippen LogP contribution in [0.2, 0.25) is 0 Å². The van der Waals surface area contributed by atoms with E-state index in [1.807, 2.05) is 0 Å². The highest BCUT2D eigenvalue weighted by atomic mass is 35.5. The predicted octanol–water partition coefficient (Wildman–Crippen LogP) is 3.32. The van der Waals surface area contributed by atoms with Crippen LogP contribution in [0.15, 0.2) is 48.5 Å². The number of nitrogens with two attached hydrogens (primary N) is 1. The number of nitro groups is 1.